The molecule has 3 nitrogen and oxygen atoms in total. The molecule has 1 aliphatic heterocycles. The van der Waals surface area contributed by atoms with Crippen molar-refractivity contribution in [1.29, 1.82) is 0 Å². The lowest BCUT2D eigenvalue weighted by Gasteiger charge is -2.39. The summed E-state index contributed by atoms with van der Waals surface area (Å²) in [6.45, 7) is 0. The monoisotopic (exact) mass is 356 g/mol. The minimum Gasteiger partial charge on any atom is -0.411 e. The molecule has 0 saturated carbocycles. The first kappa shape index (κ1) is 17.5. The molecular weight excluding hydrogens is 332 g/mol. The number of hydrogen-bond donors (Lipinski definition) is 2. The van der Waals surface area contributed by atoms with Gasteiger partial charge < -0.3 is 10.5 Å². The van der Waals surface area contributed by atoms with Crippen LogP contribution < -0.4 is 5.32 Å². The fourth-order valence-electron chi connectivity index (χ4n) is 4.05. The van der Waals surface area contributed by atoms with Gasteiger partial charge in [-0.2, -0.15) is 0 Å². The topological polar surface area (TPSA) is 44.6 Å². The molecule has 3 aromatic carbocycles. The second-order valence-corrected chi connectivity index (χ2v) is 7.11. The van der Waals surface area contributed by atoms with E-state index in [1.165, 1.54) is 16.7 Å². The molecule has 1 saturated heterocycles. The zero-order chi connectivity index (χ0) is 18.5. The van der Waals surface area contributed by atoms with Crippen molar-refractivity contribution < 1.29 is 5.21 Å². The highest BCUT2D eigenvalue weighted by Crippen LogP contribution is 2.37. The maximum absolute atomic E-state index is 9.83. The molecule has 1 heterocycles. The van der Waals surface area contributed by atoms with Gasteiger partial charge in [0.25, 0.3) is 0 Å². The van der Waals surface area contributed by atoms with Crippen LogP contribution >= 0.6 is 0 Å². The molecule has 4 rings (SSSR count). The summed E-state index contributed by atoms with van der Waals surface area (Å²) in [5, 5.41) is 17.4. The van der Waals surface area contributed by atoms with Gasteiger partial charge in [-0.25, -0.2) is 0 Å². The molecular formula is C24H24N2O. The summed E-state index contributed by atoms with van der Waals surface area (Å²) in [6, 6.07) is 31.5. The van der Waals surface area contributed by atoms with Crippen molar-refractivity contribution in [3.8, 4) is 0 Å². The van der Waals surface area contributed by atoms with Gasteiger partial charge in [0.15, 0.2) is 0 Å². The first-order chi connectivity index (χ1) is 13.3. The molecule has 0 bridgehead atoms. The molecule has 0 aliphatic carbocycles. The van der Waals surface area contributed by atoms with Crippen molar-refractivity contribution in [2.45, 2.75) is 24.9 Å². The third-order valence-corrected chi connectivity index (χ3v) is 5.41. The van der Waals surface area contributed by atoms with Gasteiger partial charge in [0, 0.05) is 24.4 Å². The molecule has 0 spiro atoms. The Morgan fingerprint density at radius 3 is 1.93 bits per heavy atom. The van der Waals surface area contributed by atoms with E-state index in [9.17, 15) is 5.21 Å². The lowest BCUT2D eigenvalue weighted by Crippen LogP contribution is -2.43. The SMILES string of the molecule is O/N=C1/C[C@@H](c2ccccc2)N[C@H](c2ccccc2)[C@H]1Cc1ccccc1. The van der Waals surface area contributed by atoms with Crippen molar-refractivity contribution >= 4 is 5.71 Å². The fourth-order valence-corrected chi connectivity index (χ4v) is 4.05. The molecule has 0 radical (unpaired) electrons. The molecule has 0 amide bonds. The zero-order valence-electron chi connectivity index (χ0n) is 15.2. The van der Waals surface area contributed by atoms with Gasteiger partial charge in [-0.1, -0.05) is 96.2 Å². The predicted molar refractivity (Wildman–Crippen MR) is 109 cm³/mol. The second kappa shape index (κ2) is 8.19. The number of nitrogens with zero attached hydrogens (tertiary/aromatic N) is 1. The van der Waals surface area contributed by atoms with Crippen LogP contribution in [0.3, 0.4) is 0 Å². The summed E-state index contributed by atoms with van der Waals surface area (Å²) < 4.78 is 0. The number of oxime groups is 1. The number of hydrogen-bond acceptors (Lipinski definition) is 3. The van der Waals surface area contributed by atoms with Crippen LogP contribution in [0.1, 0.15) is 35.2 Å². The van der Waals surface area contributed by atoms with Crippen LogP contribution in [0.15, 0.2) is 96.2 Å². The normalized spacial score (nSPS) is 24.0. The first-order valence-electron chi connectivity index (χ1n) is 9.46. The largest absolute Gasteiger partial charge is 0.411 e. The maximum atomic E-state index is 9.83. The summed E-state index contributed by atoms with van der Waals surface area (Å²) in [7, 11) is 0. The minimum atomic E-state index is 0.0938. The summed E-state index contributed by atoms with van der Waals surface area (Å²) >= 11 is 0. The van der Waals surface area contributed by atoms with E-state index in [1.807, 2.05) is 18.2 Å². The van der Waals surface area contributed by atoms with Crippen LogP contribution in [-0.4, -0.2) is 10.9 Å². The van der Waals surface area contributed by atoms with E-state index in [2.05, 4.69) is 83.3 Å². The van der Waals surface area contributed by atoms with E-state index in [0.29, 0.717) is 6.42 Å². The molecule has 136 valence electrons. The molecule has 3 heteroatoms. The lowest BCUT2D eigenvalue weighted by molar-refractivity contribution is 0.288. The minimum absolute atomic E-state index is 0.0938. The maximum Gasteiger partial charge on any atom is 0.0642 e. The highest BCUT2D eigenvalue weighted by molar-refractivity contribution is 5.89. The Morgan fingerprint density at radius 1 is 0.778 bits per heavy atom. The Balaban J connectivity index is 1.70. The Bertz CT molecular complexity index is 878. The summed E-state index contributed by atoms with van der Waals surface area (Å²) in [5.74, 6) is 0.111. The Kier molecular flexibility index (Phi) is 5.31. The van der Waals surface area contributed by atoms with Gasteiger partial charge in [0.05, 0.1) is 5.71 Å². The quantitative estimate of drug-likeness (QED) is 0.501. The molecule has 2 N–H and O–H groups in total. The third-order valence-electron chi connectivity index (χ3n) is 5.41. The Labute approximate surface area is 160 Å². The summed E-state index contributed by atoms with van der Waals surface area (Å²) in [5.41, 5.74) is 4.56. The number of benzene rings is 3. The standard InChI is InChI=1S/C24H24N2O/c27-26-23-17-22(19-12-6-2-7-13-19)25-24(20-14-8-3-9-15-20)21(23)16-18-10-4-1-5-11-18/h1-15,21-22,24-25,27H,16-17H2/b26-23-/t21-,22-,24+/m0/s1. The predicted octanol–water partition coefficient (Wildman–Crippen LogP) is 5.15. The van der Waals surface area contributed by atoms with E-state index in [1.54, 1.807) is 0 Å². The average molecular weight is 356 g/mol. The van der Waals surface area contributed by atoms with Crippen molar-refractivity contribution in [1.82, 2.24) is 5.32 Å². The van der Waals surface area contributed by atoms with Crippen LogP contribution in [0.25, 0.3) is 0 Å². The highest BCUT2D eigenvalue weighted by Gasteiger charge is 2.36. The second-order valence-electron chi connectivity index (χ2n) is 7.11. The molecule has 1 fully saturated rings. The van der Waals surface area contributed by atoms with Crippen LogP contribution in [-0.2, 0) is 6.42 Å². The summed E-state index contributed by atoms with van der Waals surface area (Å²) in [6.07, 6.45) is 1.55. The van der Waals surface area contributed by atoms with Gasteiger partial charge in [-0.05, 0) is 23.1 Å². The van der Waals surface area contributed by atoms with Crippen molar-refractivity contribution in [3.05, 3.63) is 108 Å². The van der Waals surface area contributed by atoms with Crippen molar-refractivity contribution in [2.75, 3.05) is 0 Å². The molecule has 27 heavy (non-hydrogen) atoms. The van der Waals surface area contributed by atoms with Gasteiger partial charge in [0.2, 0.25) is 0 Å². The van der Waals surface area contributed by atoms with Gasteiger partial charge in [-0.3, -0.25) is 0 Å². The van der Waals surface area contributed by atoms with E-state index < -0.39 is 0 Å². The lowest BCUT2D eigenvalue weighted by atomic mass is 9.77. The third kappa shape index (κ3) is 3.93. The van der Waals surface area contributed by atoms with Crippen LogP contribution in [0.2, 0.25) is 0 Å². The number of rotatable bonds is 4. The fraction of sp³-hybridized carbons (Fsp3) is 0.208. The highest BCUT2D eigenvalue weighted by atomic mass is 16.4. The van der Waals surface area contributed by atoms with Gasteiger partial charge >= 0.3 is 0 Å². The molecule has 0 aromatic heterocycles. The van der Waals surface area contributed by atoms with Crippen LogP contribution in [0.5, 0.6) is 0 Å². The molecule has 3 aromatic rings. The Hall–Kier alpha value is -2.91. The van der Waals surface area contributed by atoms with Gasteiger partial charge in [0.1, 0.15) is 0 Å². The first-order valence-corrected chi connectivity index (χ1v) is 9.46. The van der Waals surface area contributed by atoms with Crippen molar-refractivity contribution in [3.63, 3.8) is 0 Å². The van der Waals surface area contributed by atoms with E-state index in [0.717, 1.165) is 12.1 Å². The molecule has 0 unspecified atom stereocenters. The van der Waals surface area contributed by atoms with Crippen molar-refractivity contribution in [2.24, 2.45) is 11.1 Å². The van der Waals surface area contributed by atoms with E-state index in [-0.39, 0.29) is 18.0 Å². The molecule has 1 aliphatic rings. The smallest absolute Gasteiger partial charge is 0.0642 e. The van der Waals surface area contributed by atoms with Gasteiger partial charge in [-0.15, -0.1) is 0 Å². The molecule has 3 atom stereocenters. The van der Waals surface area contributed by atoms with Crippen LogP contribution in [0, 0.1) is 5.92 Å². The van der Waals surface area contributed by atoms with Crippen LogP contribution in [0.4, 0.5) is 0 Å². The van der Waals surface area contributed by atoms with E-state index >= 15 is 0 Å². The number of nitrogens with one attached hydrogen (secondary N) is 1. The number of piperidine rings is 1. The zero-order valence-corrected chi connectivity index (χ0v) is 15.2. The average Bonchev–Trinajstić information content (AvgIpc) is 2.76. The van der Waals surface area contributed by atoms with E-state index in [4.69, 9.17) is 0 Å². The summed E-state index contributed by atoms with van der Waals surface area (Å²) in [4.78, 5) is 0. The Morgan fingerprint density at radius 2 is 1.33 bits per heavy atom.